The minimum Gasteiger partial charge on any atom is -0.396 e. The molecule has 1 aliphatic carbocycles. The van der Waals surface area contributed by atoms with E-state index in [9.17, 15) is 5.11 Å². The van der Waals surface area contributed by atoms with Crippen LogP contribution in [0, 0.1) is 5.41 Å². The van der Waals surface area contributed by atoms with Gasteiger partial charge in [-0.25, -0.2) is 0 Å². The van der Waals surface area contributed by atoms with E-state index in [4.69, 9.17) is 9.84 Å². The lowest BCUT2D eigenvalue weighted by Crippen LogP contribution is -2.35. The van der Waals surface area contributed by atoms with Crippen LogP contribution < -0.4 is 0 Å². The van der Waals surface area contributed by atoms with Gasteiger partial charge in [0.05, 0.1) is 11.7 Å². The lowest BCUT2D eigenvalue weighted by atomic mass is 9.77. The second-order valence-corrected chi connectivity index (χ2v) is 6.17. The molecule has 19 heavy (non-hydrogen) atoms. The van der Waals surface area contributed by atoms with E-state index in [-0.39, 0.29) is 12.0 Å². The van der Waals surface area contributed by atoms with Crippen LogP contribution in [-0.4, -0.2) is 34.7 Å². The maximum atomic E-state index is 9.73. The summed E-state index contributed by atoms with van der Waals surface area (Å²) in [4.78, 5) is 0. The van der Waals surface area contributed by atoms with E-state index in [0.717, 1.165) is 38.2 Å². The summed E-state index contributed by atoms with van der Waals surface area (Å²) in [6, 6.07) is 2.74. The Morgan fingerprint density at radius 2 is 2.05 bits per heavy atom. The standard InChI is InChI=1S/C15H24N2O2/c18-12-15(6-9-19-10-7-15)11-13-5-8-17(16-13)14-3-1-2-4-14/h5,8,14,18H,1-4,6-7,9-12H2. The molecule has 0 radical (unpaired) electrons. The molecule has 0 unspecified atom stereocenters. The minimum atomic E-state index is -0.00684. The Kier molecular flexibility index (Phi) is 3.89. The zero-order chi connectivity index (χ0) is 13.1. The molecule has 1 aliphatic heterocycles. The van der Waals surface area contributed by atoms with Crippen LogP contribution in [0.25, 0.3) is 0 Å². The molecule has 3 rings (SSSR count). The number of hydrogen-bond acceptors (Lipinski definition) is 3. The lowest BCUT2D eigenvalue weighted by molar-refractivity contribution is -0.0163. The van der Waals surface area contributed by atoms with E-state index < -0.39 is 0 Å². The molecule has 1 N–H and O–H groups in total. The van der Waals surface area contributed by atoms with Crippen molar-refractivity contribution in [2.75, 3.05) is 19.8 Å². The first-order valence-electron chi connectivity index (χ1n) is 7.54. The van der Waals surface area contributed by atoms with Gasteiger partial charge in [0, 0.05) is 31.4 Å². The average molecular weight is 264 g/mol. The van der Waals surface area contributed by atoms with Gasteiger partial charge in [0.15, 0.2) is 0 Å². The largest absolute Gasteiger partial charge is 0.396 e. The van der Waals surface area contributed by atoms with Crippen molar-refractivity contribution in [2.24, 2.45) is 5.41 Å². The lowest BCUT2D eigenvalue weighted by Gasteiger charge is -2.34. The zero-order valence-electron chi connectivity index (χ0n) is 11.6. The van der Waals surface area contributed by atoms with Gasteiger partial charge in [-0.05, 0) is 38.2 Å². The first-order chi connectivity index (χ1) is 9.31. The fraction of sp³-hybridized carbons (Fsp3) is 0.800. The fourth-order valence-electron chi connectivity index (χ4n) is 3.42. The highest BCUT2D eigenvalue weighted by molar-refractivity contribution is 5.05. The molecule has 1 aromatic heterocycles. The molecule has 2 aliphatic rings. The summed E-state index contributed by atoms with van der Waals surface area (Å²) in [5, 5.41) is 14.5. The van der Waals surface area contributed by atoms with Gasteiger partial charge in [0.25, 0.3) is 0 Å². The molecule has 2 fully saturated rings. The molecule has 4 nitrogen and oxygen atoms in total. The van der Waals surface area contributed by atoms with Crippen molar-refractivity contribution >= 4 is 0 Å². The Hall–Kier alpha value is -0.870. The number of hydrogen-bond donors (Lipinski definition) is 1. The van der Waals surface area contributed by atoms with Crippen LogP contribution in [0.15, 0.2) is 12.3 Å². The first kappa shape index (κ1) is 13.1. The average Bonchev–Trinajstić information content (AvgIpc) is 3.10. The molecular weight excluding hydrogens is 240 g/mol. The van der Waals surface area contributed by atoms with Crippen LogP contribution in [0.4, 0.5) is 0 Å². The molecule has 0 spiro atoms. The van der Waals surface area contributed by atoms with Crippen LogP contribution in [-0.2, 0) is 11.2 Å². The topological polar surface area (TPSA) is 47.3 Å². The Labute approximate surface area is 114 Å². The van der Waals surface area contributed by atoms with Crippen molar-refractivity contribution < 1.29 is 9.84 Å². The number of nitrogens with zero attached hydrogens (tertiary/aromatic N) is 2. The van der Waals surface area contributed by atoms with Gasteiger partial charge in [0.2, 0.25) is 0 Å². The second kappa shape index (κ2) is 5.63. The van der Waals surface area contributed by atoms with Gasteiger partial charge in [-0.2, -0.15) is 5.10 Å². The van der Waals surface area contributed by atoms with Crippen molar-refractivity contribution in [3.05, 3.63) is 18.0 Å². The number of aromatic nitrogens is 2. The van der Waals surface area contributed by atoms with Gasteiger partial charge < -0.3 is 9.84 Å². The number of ether oxygens (including phenoxy) is 1. The highest BCUT2D eigenvalue weighted by Gasteiger charge is 2.33. The molecule has 0 amide bonds. The van der Waals surface area contributed by atoms with E-state index in [1.54, 1.807) is 0 Å². The summed E-state index contributed by atoms with van der Waals surface area (Å²) in [6.45, 7) is 1.78. The molecule has 0 atom stereocenters. The predicted octanol–water partition coefficient (Wildman–Crippen LogP) is 2.33. The summed E-state index contributed by atoms with van der Waals surface area (Å²) in [5.74, 6) is 0. The quantitative estimate of drug-likeness (QED) is 0.908. The van der Waals surface area contributed by atoms with Crippen molar-refractivity contribution in [3.8, 4) is 0 Å². The maximum Gasteiger partial charge on any atom is 0.0631 e. The zero-order valence-corrected chi connectivity index (χ0v) is 11.6. The second-order valence-electron chi connectivity index (χ2n) is 6.17. The molecular formula is C15H24N2O2. The van der Waals surface area contributed by atoms with Crippen LogP contribution in [0.3, 0.4) is 0 Å². The van der Waals surface area contributed by atoms with E-state index in [2.05, 4.69) is 16.9 Å². The van der Waals surface area contributed by atoms with E-state index in [1.165, 1.54) is 25.7 Å². The normalized spacial score (nSPS) is 23.8. The van der Waals surface area contributed by atoms with E-state index in [1.807, 2.05) is 0 Å². The number of aliphatic hydroxyl groups excluding tert-OH is 1. The summed E-state index contributed by atoms with van der Waals surface area (Å²) in [6.07, 6.45) is 10.1. The third kappa shape index (κ3) is 2.84. The molecule has 2 heterocycles. The Balaban J connectivity index is 1.68. The molecule has 1 aromatic rings. The van der Waals surface area contributed by atoms with Crippen LogP contribution >= 0.6 is 0 Å². The van der Waals surface area contributed by atoms with Crippen molar-refractivity contribution in [2.45, 2.75) is 51.0 Å². The Morgan fingerprint density at radius 3 is 2.74 bits per heavy atom. The Bertz CT molecular complexity index is 404. The molecule has 1 saturated carbocycles. The summed E-state index contributed by atoms with van der Waals surface area (Å²) < 4.78 is 7.56. The van der Waals surface area contributed by atoms with Crippen molar-refractivity contribution in [1.82, 2.24) is 9.78 Å². The van der Waals surface area contributed by atoms with Gasteiger partial charge in [-0.1, -0.05) is 12.8 Å². The van der Waals surface area contributed by atoms with E-state index >= 15 is 0 Å². The van der Waals surface area contributed by atoms with Gasteiger partial charge in [0.1, 0.15) is 0 Å². The summed E-state index contributed by atoms with van der Waals surface area (Å²) >= 11 is 0. The van der Waals surface area contributed by atoms with Crippen LogP contribution in [0.2, 0.25) is 0 Å². The van der Waals surface area contributed by atoms with Crippen molar-refractivity contribution in [3.63, 3.8) is 0 Å². The van der Waals surface area contributed by atoms with Gasteiger partial charge >= 0.3 is 0 Å². The predicted molar refractivity (Wildman–Crippen MR) is 73.0 cm³/mol. The molecule has 0 aromatic carbocycles. The molecule has 0 bridgehead atoms. The monoisotopic (exact) mass is 264 g/mol. The highest BCUT2D eigenvalue weighted by Crippen LogP contribution is 2.34. The molecule has 1 saturated heterocycles. The summed E-state index contributed by atoms with van der Waals surface area (Å²) in [5.41, 5.74) is 1.12. The van der Waals surface area contributed by atoms with Gasteiger partial charge in [-0.15, -0.1) is 0 Å². The minimum absolute atomic E-state index is 0.00684. The first-order valence-corrected chi connectivity index (χ1v) is 7.54. The molecule has 106 valence electrons. The van der Waals surface area contributed by atoms with Crippen LogP contribution in [0.5, 0.6) is 0 Å². The highest BCUT2D eigenvalue weighted by atomic mass is 16.5. The van der Waals surface area contributed by atoms with Gasteiger partial charge in [-0.3, -0.25) is 4.68 Å². The van der Waals surface area contributed by atoms with E-state index in [0.29, 0.717) is 6.04 Å². The molecule has 4 heteroatoms. The maximum absolute atomic E-state index is 9.73. The third-order valence-corrected chi connectivity index (χ3v) is 4.81. The SMILES string of the molecule is OCC1(Cc2ccn(C3CCCC3)n2)CCOCC1. The number of rotatable bonds is 4. The summed E-state index contributed by atoms with van der Waals surface area (Å²) in [7, 11) is 0. The fourth-order valence-corrected chi connectivity index (χ4v) is 3.42. The number of aliphatic hydroxyl groups is 1. The Morgan fingerprint density at radius 1 is 1.32 bits per heavy atom. The third-order valence-electron chi connectivity index (χ3n) is 4.81. The van der Waals surface area contributed by atoms with Crippen molar-refractivity contribution in [1.29, 1.82) is 0 Å². The van der Waals surface area contributed by atoms with Crippen LogP contribution in [0.1, 0.15) is 50.3 Å². The smallest absolute Gasteiger partial charge is 0.0631 e.